The summed E-state index contributed by atoms with van der Waals surface area (Å²) in [4.78, 5) is 23.7. The Hall–Kier alpha value is -5.10. The Morgan fingerprint density at radius 2 is 1.94 bits per heavy atom. The van der Waals surface area contributed by atoms with Crippen molar-refractivity contribution in [3.05, 3.63) is 110 Å². The third-order valence-corrected chi connectivity index (χ3v) is 6.09. The molecule has 1 aromatic heterocycles. The SMILES string of the molecule is Cc1ccc2oc(C(=O)Oc3ccc4c(c3)OC(N)=C(C#N)C4c3cccc([N+](=O)[O-])c3)c(C)c2c1. The molecule has 0 aliphatic carbocycles. The molecule has 36 heavy (non-hydrogen) atoms. The quantitative estimate of drug-likeness (QED) is 0.177. The molecule has 1 aliphatic rings. The van der Waals surface area contributed by atoms with E-state index in [-0.39, 0.29) is 34.4 Å². The zero-order chi connectivity index (χ0) is 25.6. The average Bonchev–Trinajstić information content (AvgIpc) is 3.19. The molecule has 9 nitrogen and oxygen atoms in total. The molecule has 0 fully saturated rings. The van der Waals surface area contributed by atoms with Gasteiger partial charge in [0.25, 0.3) is 5.69 Å². The largest absolute Gasteiger partial charge is 0.449 e. The molecule has 178 valence electrons. The number of rotatable bonds is 4. The van der Waals surface area contributed by atoms with Gasteiger partial charge in [-0.1, -0.05) is 29.8 Å². The second-order valence-corrected chi connectivity index (χ2v) is 8.42. The van der Waals surface area contributed by atoms with Crippen LogP contribution in [0.15, 0.2) is 76.5 Å². The first kappa shape index (κ1) is 22.7. The molecule has 5 rings (SSSR count). The van der Waals surface area contributed by atoms with E-state index in [1.54, 1.807) is 37.3 Å². The monoisotopic (exact) mass is 481 g/mol. The Morgan fingerprint density at radius 3 is 2.69 bits per heavy atom. The maximum Gasteiger partial charge on any atom is 0.379 e. The van der Waals surface area contributed by atoms with Crippen LogP contribution in [0.3, 0.4) is 0 Å². The van der Waals surface area contributed by atoms with Crippen LogP contribution in [0.2, 0.25) is 0 Å². The van der Waals surface area contributed by atoms with E-state index < -0.39 is 16.8 Å². The summed E-state index contributed by atoms with van der Waals surface area (Å²) in [7, 11) is 0. The topological polar surface area (TPSA) is 142 Å². The summed E-state index contributed by atoms with van der Waals surface area (Å²) in [6.07, 6.45) is 0. The number of ether oxygens (including phenoxy) is 2. The molecule has 1 unspecified atom stereocenters. The molecule has 0 radical (unpaired) electrons. The van der Waals surface area contributed by atoms with Gasteiger partial charge in [0.1, 0.15) is 28.7 Å². The fourth-order valence-electron chi connectivity index (χ4n) is 4.34. The minimum Gasteiger partial charge on any atom is -0.449 e. The van der Waals surface area contributed by atoms with E-state index in [2.05, 4.69) is 0 Å². The summed E-state index contributed by atoms with van der Waals surface area (Å²) in [5.41, 5.74) is 9.39. The van der Waals surface area contributed by atoms with Gasteiger partial charge in [-0.3, -0.25) is 10.1 Å². The van der Waals surface area contributed by atoms with Crippen molar-refractivity contribution in [2.24, 2.45) is 5.73 Å². The molecule has 1 aliphatic heterocycles. The second-order valence-electron chi connectivity index (χ2n) is 8.42. The molecule has 0 spiro atoms. The number of hydrogen-bond donors (Lipinski definition) is 1. The summed E-state index contributed by atoms with van der Waals surface area (Å²) >= 11 is 0. The Kier molecular flexibility index (Phi) is 5.42. The summed E-state index contributed by atoms with van der Waals surface area (Å²) in [6.45, 7) is 3.74. The number of non-ortho nitro benzene ring substituents is 1. The van der Waals surface area contributed by atoms with Gasteiger partial charge in [0, 0.05) is 34.7 Å². The number of nitrogens with zero attached hydrogens (tertiary/aromatic N) is 2. The van der Waals surface area contributed by atoms with Crippen LogP contribution in [0.25, 0.3) is 11.0 Å². The molecule has 0 saturated carbocycles. The van der Waals surface area contributed by atoms with Crippen LogP contribution in [-0.4, -0.2) is 10.9 Å². The fraction of sp³-hybridized carbons (Fsp3) is 0.111. The highest BCUT2D eigenvalue weighted by molar-refractivity contribution is 5.97. The van der Waals surface area contributed by atoms with Crippen molar-refractivity contribution >= 4 is 22.6 Å². The third kappa shape index (κ3) is 3.80. The zero-order valence-corrected chi connectivity index (χ0v) is 19.3. The maximum atomic E-state index is 12.9. The van der Waals surface area contributed by atoms with E-state index in [0.717, 1.165) is 10.9 Å². The number of allylic oxidation sites excluding steroid dienone is 1. The number of benzene rings is 3. The highest BCUT2D eigenvalue weighted by atomic mass is 16.6. The lowest BCUT2D eigenvalue weighted by molar-refractivity contribution is -0.384. The molecule has 0 saturated heterocycles. The van der Waals surface area contributed by atoms with Crippen molar-refractivity contribution < 1.29 is 23.6 Å². The summed E-state index contributed by atoms with van der Waals surface area (Å²) < 4.78 is 17.0. The van der Waals surface area contributed by atoms with Gasteiger partial charge in [-0.2, -0.15) is 5.26 Å². The Labute approximate surface area is 205 Å². The van der Waals surface area contributed by atoms with Crippen LogP contribution in [-0.2, 0) is 0 Å². The molecule has 4 aromatic rings. The number of nitrogens with two attached hydrogens (primary N) is 1. The molecule has 0 bridgehead atoms. The Balaban J connectivity index is 1.50. The first-order valence-corrected chi connectivity index (χ1v) is 10.9. The van der Waals surface area contributed by atoms with Crippen molar-refractivity contribution in [2.45, 2.75) is 19.8 Å². The molecular formula is C27H19N3O6. The Morgan fingerprint density at radius 1 is 1.14 bits per heavy atom. The number of carbonyl (C=O) groups is 1. The lowest BCUT2D eigenvalue weighted by Crippen LogP contribution is -2.21. The molecular weight excluding hydrogens is 462 g/mol. The smallest absolute Gasteiger partial charge is 0.379 e. The van der Waals surface area contributed by atoms with Crippen molar-refractivity contribution in [1.82, 2.24) is 0 Å². The molecule has 2 heterocycles. The normalized spacial score (nSPS) is 14.6. The van der Waals surface area contributed by atoms with E-state index in [0.29, 0.717) is 22.3 Å². The number of nitro groups is 1. The predicted octanol–water partition coefficient (Wildman–Crippen LogP) is 5.40. The number of carbonyl (C=O) groups excluding carboxylic acids is 1. The number of furan rings is 1. The van der Waals surface area contributed by atoms with Crippen LogP contribution >= 0.6 is 0 Å². The number of nitriles is 1. The van der Waals surface area contributed by atoms with E-state index >= 15 is 0 Å². The molecule has 2 N–H and O–H groups in total. The van der Waals surface area contributed by atoms with E-state index in [9.17, 15) is 20.2 Å². The van der Waals surface area contributed by atoms with Crippen LogP contribution < -0.4 is 15.2 Å². The molecule has 0 amide bonds. The summed E-state index contributed by atoms with van der Waals surface area (Å²) in [5.74, 6) is -0.952. The van der Waals surface area contributed by atoms with Gasteiger partial charge in [-0.15, -0.1) is 0 Å². The first-order chi connectivity index (χ1) is 17.3. The van der Waals surface area contributed by atoms with Gasteiger partial charge in [0.2, 0.25) is 11.6 Å². The number of fused-ring (bicyclic) bond motifs is 2. The number of esters is 1. The maximum absolute atomic E-state index is 12.9. The second kappa shape index (κ2) is 8.60. The predicted molar refractivity (Wildman–Crippen MR) is 129 cm³/mol. The van der Waals surface area contributed by atoms with E-state index in [1.807, 2.05) is 25.1 Å². The van der Waals surface area contributed by atoms with Crippen molar-refractivity contribution in [3.8, 4) is 17.6 Å². The third-order valence-electron chi connectivity index (χ3n) is 6.09. The summed E-state index contributed by atoms with van der Waals surface area (Å²) in [6, 6.07) is 18.3. The molecule has 9 heteroatoms. The lowest BCUT2D eigenvalue weighted by atomic mass is 9.83. The van der Waals surface area contributed by atoms with Gasteiger partial charge in [-0.05, 0) is 37.6 Å². The van der Waals surface area contributed by atoms with Gasteiger partial charge in [0.15, 0.2) is 0 Å². The van der Waals surface area contributed by atoms with Crippen molar-refractivity contribution in [2.75, 3.05) is 0 Å². The fourth-order valence-corrected chi connectivity index (χ4v) is 4.34. The number of nitro benzene ring substituents is 1. The van der Waals surface area contributed by atoms with Crippen LogP contribution in [0.5, 0.6) is 11.5 Å². The lowest BCUT2D eigenvalue weighted by Gasteiger charge is -2.26. The highest BCUT2D eigenvalue weighted by Crippen LogP contribution is 2.44. The number of aryl methyl sites for hydroxylation is 2. The van der Waals surface area contributed by atoms with Crippen LogP contribution in [0.1, 0.15) is 38.7 Å². The van der Waals surface area contributed by atoms with Crippen LogP contribution in [0, 0.1) is 35.3 Å². The van der Waals surface area contributed by atoms with E-state index in [4.69, 9.17) is 19.6 Å². The van der Waals surface area contributed by atoms with Gasteiger partial charge < -0.3 is 19.6 Å². The molecule has 1 atom stereocenters. The van der Waals surface area contributed by atoms with Crippen molar-refractivity contribution in [1.29, 1.82) is 5.26 Å². The van der Waals surface area contributed by atoms with Gasteiger partial charge in [0.05, 0.1) is 10.8 Å². The highest BCUT2D eigenvalue weighted by Gasteiger charge is 2.32. The number of hydrogen-bond acceptors (Lipinski definition) is 8. The van der Waals surface area contributed by atoms with E-state index in [1.165, 1.54) is 18.2 Å². The van der Waals surface area contributed by atoms with Crippen molar-refractivity contribution in [3.63, 3.8) is 0 Å². The standard InChI is InChI=1S/C27H19N3O6/c1-14-6-9-22-20(10-14)15(2)25(35-22)27(31)34-18-7-8-19-23(12-18)36-26(29)21(13-28)24(19)16-4-3-5-17(11-16)30(32)33/h3-12,24H,29H2,1-2H3. The first-order valence-electron chi connectivity index (χ1n) is 10.9. The summed E-state index contributed by atoms with van der Waals surface area (Å²) in [5, 5.41) is 21.8. The van der Waals surface area contributed by atoms with Gasteiger partial charge in [-0.25, -0.2) is 4.79 Å². The Bertz CT molecular complexity index is 1640. The molecule has 3 aromatic carbocycles. The van der Waals surface area contributed by atoms with Crippen LogP contribution in [0.4, 0.5) is 5.69 Å². The van der Waals surface area contributed by atoms with Gasteiger partial charge >= 0.3 is 5.97 Å². The zero-order valence-electron chi connectivity index (χ0n) is 19.3. The minimum atomic E-state index is -0.691. The minimum absolute atomic E-state index is 0.0925. The average molecular weight is 481 g/mol.